The third-order valence-corrected chi connectivity index (χ3v) is 4.85. The predicted octanol–water partition coefficient (Wildman–Crippen LogP) is 0.353. The van der Waals surface area contributed by atoms with Gasteiger partial charge in [-0.05, 0) is 32.0 Å². The van der Waals surface area contributed by atoms with Crippen LogP contribution in [0.15, 0.2) is 23.4 Å². The van der Waals surface area contributed by atoms with Gasteiger partial charge in [-0.25, -0.2) is 13.1 Å². The highest BCUT2D eigenvalue weighted by Gasteiger charge is 2.23. The van der Waals surface area contributed by atoms with E-state index in [-0.39, 0.29) is 4.90 Å². The van der Waals surface area contributed by atoms with Gasteiger partial charge in [-0.2, -0.15) is 0 Å². The van der Waals surface area contributed by atoms with Crippen molar-refractivity contribution in [3.8, 4) is 0 Å². The Morgan fingerprint density at radius 2 is 2.32 bits per heavy atom. The third kappa shape index (κ3) is 3.43. The molecule has 0 radical (unpaired) electrons. The monoisotopic (exact) mass is 284 g/mol. The van der Waals surface area contributed by atoms with E-state index in [4.69, 9.17) is 0 Å². The van der Waals surface area contributed by atoms with Gasteiger partial charge < -0.3 is 10.2 Å². The summed E-state index contributed by atoms with van der Waals surface area (Å²) in [6, 6.07) is 1.65. The zero-order chi connectivity index (χ0) is 13.9. The molecule has 1 fully saturated rings. The molecule has 0 bridgehead atoms. The Balaban J connectivity index is 2.06. The van der Waals surface area contributed by atoms with Gasteiger partial charge in [-0.15, -0.1) is 0 Å². The molecule has 7 heteroatoms. The third-order valence-electron chi connectivity index (χ3n) is 3.39. The molecule has 0 aliphatic carbocycles. The summed E-state index contributed by atoms with van der Waals surface area (Å²) in [5, 5.41) is 2.87. The Hall–Kier alpha value is -1.18. The van der Waals surface area contributed by atoms with E-state index in [0.29, 0.717) is 18.2 Å². The second kappa shape index (κ2) is 5.85. The average Bonchev–Trinajstić information content (AvgIpc) is 2.82. The molecule has 0 spiro atoms. The van der Waals surface area contributed by atoms with E-state index in [1.165, 1.54) is 6.20 Å². The minimum absolute atomic E-state index is 0.198. The van der Waals surface area contributed by atoms with Crippen molar-refractivity contribution in [1.29, 1.82) is 0 Å². The highest BCUT2D eigenvalue weighted by Crippen LogP contribution is 2.19. The van der Waals surface area contributed by atoms with Crippen LogP contribution in [-0.4, -0.2) is 52.0 Å². The number of nitrogens with zero attached hydrogens (tertiary/aromatic N) is 2. The van der Waals surface area contributed by atoms with E-state index in [0.717, 1.165) is 19.5 Å². The lowest BCUT2D eigenvalue weighted by atomic mass is 10.1. The number of hydrogen-bond donors (Lipinski definition) is 2. The Labute approximate surface area is 114 Å². The molecule has 2 heterocycles. The fraction of sp³-hybridized carbons (Fsp3) is 0.583. The van der Waals surface area contributed by atoms with Crippen LogP contribution in [0.25, 0.3) is 0 Å². The minimum Gasteiger partial charge on any atom is -0.387 e. The highest BCUT2D eigenvalue weighted by atomic mass is 32.2. The molecule has 2 rings (SSSR count). The molecule has 1 aromatic heterocycles. The van der Waals surface area contributed by atoms with Crippen LogP contribution in [0.4, 0.5) is 5.69 Å². The Morgan fingerprint density at radius 3 is 2.95 bits per heavy atom. The van der Waals surface area contributed by atoms with E-state index in [1.54, 1.807) is 19.3 Å². The van der Waals surface area contributed by atoms with Crippen molar-refractivity contribution in [2.24, 2.45) is 5.92 Å². The minimum atomic E-state index is -3.50. The van der Waals surface area contributed by atoms with Crippen molar-refractivity contribution in [3.63, 3.8) is 0 Å². The first-order valence-corrected chi connectivity index (χ1v) is 7.81. The standard InChI is InChI=1S/C12H20N4O2S/c1-13-11-3-5-14-8-12(11)19(17,18)15-7-10-4-6-16(2)9-10/h3,5,8,10,15H,4,6-7,9H2,1-2H3,(H,13,14). The summed E-state index contributed by atoms with van der Waals surface area (Å²) in [6.07, 6.45) is 3.97. The number of likely N-dealkylation sites (tertiary alicyclic amines) is 1. The quantitative estimate of drug-likeness (QED) is 0.816. The van der Waals surface area contributed by atoms with Crippen molar-refractivity contribution in [3.05, 3.63) is 18.5 Å². The maximum absolute atomic E-state index is 12.2. The van der Waals surface area contributed by atoms with Gasteiger partial charge in [0.1, 0.15) is 4.90 Å². The molecule has 1 aliphatic rings. The summed E-state index contributed by atoms with van der Waals surface area (Å²) < 4.78 is 27.2. The topological polar surface area (TPSA) is 74.3 Å². The van der Waals surface area contributed by atoms with Crippen molar-refractivity contribution in [1.82, 2.24) is 14.6 Å². The number of sulfonamides is 1. The summed E-state index contributed by atoms with van der Waals surface area (Å²) in [5.41, 5.74) is 0.561. The average molecular weight is 284 g/mol. The van der Waals surface area contributed by atoms with Crippen molar-refractivity contribution >= 4 is 15.7 Å². The molecular formula is C12H20N4O2S. The highest BCUT2D eigenvalue weighted by molar-refractivity contribution is 7.89. The van der Waals surface area contributed by atoms with Crippen LogP contribution in [0.5, 0.6) is 0 Å². The smallest absolute Gasteiger partial charge is 0.244 e. The lowest BCUT2D eigenvalue weighted by Crippen LogP contribution is -2.31. The van der Waals surface area contributed by atoms with E-state index in [1.807, 2.05) is 0 Å². The molecule has 0 amide bonds. The lowest BCUT2D eigenvalue weighted by molar-refractivity contribution is 0.394. The molecule has 19 heavy (non-hydrogen) atoms. The van der Waals surface area contributed by atoms with Crippen molar-refractivity contribution in [2.75, 3.05) is 39.0 Å². The largest absolute Gasteiger partial charge is 0.387 e. The number of anilines is 1. The van der Waals surface area contributed by atoms with Gasteiger partial charge in [0.25, 0.3) is 0 Å². The summed E-state index contributed by atoms with van der Waals surface area (Å²) in [6.45, 7) is 2.44. The predicted molar refractivity (Wildman–Crippen MR) is 74.6 cm³/mol. The Bertz CT molecular complexity index is 532. The van der Waals surface area contributed by atoms with E-state index >= 15 is 0 Å². The molecule has 1 saturated heterocycles. The number of rotatable bonds is 5. The van der Waals surface area contributed by atoms with Gasteiger partial charge in [-0.1, -0.05) is 0 Å². The second-order valence-corrected chi connectivity index (χ2v) is 6.63. The Kier molecular flexibility index (Phi) is 4.38. The lowest BCUT2D eigenvalue weighted by Gasteiger charge is -2.13. The molecule has 0 saturated carbocycles. The van der Waals surface area contributed by atoms with Gasteiger partial charge in [-0.3, -0.25) is 4.98 Å². The molecule has 106 valence electrons. The van der Waals surface area contributed by atoms with Crippen LogP contribution < -0.4 is 10.0 Å². The summed E-state index contributed by atoms with van der Waals surface area (Å²) >= 11 is 0. The van der Waals surface area contributed by atoms with Crippen LogP contribution in [0.1, 0.15) is 6.42 Å². The molecule has 1 unspecified atom stereocenters. The van der Waals surface area contributed by atoms with Gasteiger partial charge in [0.15, 0.2) is 0 Å². The summed E-state index contributed by atoms with van der Waals surface area (Å²) in [4.78, 5) is 6.29. The maximum Gasteiger partial charge on any atom is 0.244 e. The number of aromatic nitrogens is 1. The molecule has 1 atom stereocenters. The SMILES string of the molecule is CNc1ccncc1S(=O)(=O)NCC1CCN(C)C1. The van der Waals surface area contributed by atoms with Crippen LogP contribution in [0.2, 0.25) is 0 Å². The van der Waals surface area contributed by atoms with E-state index < -0.39 is 10.0 Å². The van der Waals surface area contributed by atoms with Gasteiger partial charge in [0.05, 0.1) is 5.69 Å². The molecule has 1 aromatic rings. The second-order valence-electron chi connectivity index (χ2n) is 4.89. The van der Waals surface area contributed by atoms with Crippen LogP contribution in [0.3, 0.4) is 0 Å². The van der Waals surface area contributed by atoms with E-state index in [2.05, 4.69) is 27.0 Å². The molecular weight excluding hydrogens is 264 g/mol. The van der Waals surface area contributed by atoms with Gasteiger partial charge >= 0.3 is 0 Å². The fourth-order valence-electron chi connectivity index (χ4n) is 2.30. The summed E-state index contributed by atoms with van der Waals surface area (Å²) in [5.74, 6) is 0.384. The first kappa shape index (κ1) is 14.2. The normalized spacial score (nSPS) is 20.6. The molecule has 0 aromatic carbocycles. The molecule has 1 aliphatic heterocycles. The number of pyridine rings is 1. The van der Waals surface area contributed by atoms with Crippen molar-refractivity contribution in [2.45, 2.75) is 11.3 Å². The van der Waals surface area contributed by atoms with Crippen molar-refractivity contribution < 1.29 is 8.42 Å². The van der Waals surface area contributed by atoms with Gasteiger partial charge in [0.2, 0.25) is 10.0 Å². The molecule has 6 nitrogen and oxygen atoms in total. The first-order chi connectivity index (χ1) is 9.03. The number of hydrogen-bond acceptors (Lipinski definition) is 5. The fourth-order valence-corrected chi connectivity index (χ4v) is 3.57. The van der Waals surface area contributed by atoms with Crippen LogP contribution in [-0.2, 0) is 10.0 Å². The number of nitrogens with one attached hydrogen (secondary N) is 2. The van der Waals surface area contributed by atoms with Gasteiger partial charge in [0, 0.05) is 32.5 Å². The zero-order valence-electron chi connectivity index (χ0n) is 11.3. The first-order valence-electron chi connectivity index (χ1n) is 6.33. The Morgan fingerprint density at radius 1 is 1.53 bits per heavy atom. The molecule has 2 N–H and O–H groups in total. The summed E-state index contributed by atoms with van der Waals surface area (Å²) in [7, 11) is 0.244. The van der Waals surface area contributed by atoms with E-state index in [9.17, 15) is 8.42 Å². The maximum atomic E-state index is 12.2. The van der Waals surface area contributed by atoms with Crippen LogP contribution in [0, 0.1) is 5.92 Å². The van der Waals surface area contributed by atoms with Crippen LogP contribution >= 0.6 is 0 Å². The zero-order valence-corrected chi connectivity index (χ0v) is 12.1.